The molecule has 0 unspecified atom stereocenters. The molecule has 0 bridgehead atoms. The molecule has 0 saturated carbocycles. The Hall–Kier alpha value is -2.83. The molecule has 1 heterocycles. The molecule has 0 radical (unpaired) electrons. The number of nitrogens with one attached hydrogen (secondary N) is 1. The van der Waals surface area contributed by atoms with E-state index >= 15 is 0 Å². The number of hydrogen-bond acceptors (Lipinski definition) is 4. The van der Waals surface area contributed by atoms with E-state index in [0.29, 0.717) is 11.4 Å². The Bertz CT molecular complexity index is 1160. The predicted molar refractivity (Wildman–Crippen MR) is 132 cm³/mol. The van der Waals surface area contributed by atoms with E-state index in [1.807, 2.05) is 32.3 Å². The normalized spacial score (nSPS) is 14.3. The molecule has 0 aliphatic carbocycles. The molecule has 6 heteroatoms. The zero-order valence-electron chi connectivity index (χ0n) is 19.0. The summed E-state index contributed by atoms with van der Waals surface area (Å²) in [6.07, 6.45) is 1.85. The molecule has 4 rings (SSSR count). The highest BCUT2D eigenvalue weighted by molar-refractivity contribution is 7.89. The number of fused-ring (bicyclic) bond motifs is 1. The molecule has 32 heavy (non-hydrogen) atoms. The Balaban J connectivity index is 1.62. The van der Waals surface area contributed by atoms with Crippen LogP contribution < -0.4 is 14.5 Å². The standard InChI is InChI=1S/C26H31N3O2S/c1-4-20-9-15-24(16-10-20)32(30,31)27-19-26(22-11-13-23(14-12-22)28(2)3)29-18-17-21-7-5-6-8-25(21)29/h5-16,26-27H,4,17-19H2,1-3H3/t26-/m1/s1. The summed E-state index contributed by atoms with van der Waals surface area (Å²) in [4.78, 5) is 4.69. The molecular formula is C26H31N3O2S. The Morgan fingerprint density at radius 2 is 1.66 bits per heavy atom. The van der Waals surface area contributed by atoms with Crippen LogP contribution >= 0.6 is 0 Å². The van der Waals surface area contributed by atoms with E-state index in [2.05, 4.69) is 63.9 Å². The lowest BCUT2D eigenvalue weighted by atomic mass is 10.0. The van der Waals surface area contributed by atoms with Crippen molar-refractivity contribution in [2.75, 3.05) is 37.0 Å². The van der Waals surface area contributed by atoms with Gasteiger partial charge in [0.15, 0.2) is 0 Å². The molecule has 5 nitrogen and oxygen atoms in total. The third-order valence-corrected chi connectivity index (χ3v) is 7.64. The first-order valence-electron chi connectivity index (χ1n) is 11.1. The minimum Gasteiger partial charge on any atom is -0.378 e. The monoisotopic (exact) mass is 449 g/mol. The fourth-order valence-electron chi connectivity index (χ4n) is 4.27. The van der Waals surface area contributed by atoms with Crippen molar-refractivity contribution in [1.29, 1.82) is 0 Å². The number of nitrogens with zero attached hydrogens (tertiary/aromatic N) is 2. The number of rotatable bonds is 8. The van der Waals surface area contributed by atoms with Gasteiger partial charge in [0.2, 0.25) is 10.0 Å². The van der Waals surface area contributed by atoms with E-state index in [-0.39, 0.29) is 6.04 Å². The van der Waals surface area contributed by atoms with Crippen LogP contribution in [-0.4, -0.2) is 35.6 Å². The van der Waals surface area contributed by atoms with Crippen LogP contribution in [0.25, 0.3) is 0 Å². The third kappa shape index (κ3) is 4.66. The molecule has 0 spiro atoms. The van der Waals surface area contributed by atoms with Gasteiger partial charge in [-0.25, -0.2) is 13.1 Å². The predicted octanol–water partition coefficient (Wildman–Crippen LogP) is 4.40. The van der Waals surface area contributed by atoms with Crippen molar-refractivity contribution in [1.82, 2.24) is 4.72 Å². The topological polar surface area (TPSA) is 52.7 Å². The Kier molecular flexibility index (Phi) is 6.53. The van der Waals surface area contributed by atoms with E-state index in [1.54, 1.807) is 12.1 Å². The van der Waals surface area contributed by atoms with Gasteiger partial charge < -0.3 is 9.80 Å². The summed E-state index contributed by atoms with van der Waals surface area (Å²) in [6.45, 7) is 3.22. The third-order valence-electron chi connectivity index (χ3n) is 6.20. The van der Waals surface area contributed by atoms with Gasteiger partial charge in [0.1, 0.15) is 0 Å². The Labute approximate surface area is 191 Å². The lowest BCUT2D eigenvalue weighted by Crippen LogP contribution is -2.37. The summed E-state index contributed by atoms with van der Waals surface area (Å²) in [5.41, 5.74) is 5.82. The van der Waals surface area contributed by atoms with Crippen LogP contribution in [0.2, 0.25) is 0 Å². The highest BCUT2D eigenvalue weighted by Gasteiger charge is 2.28. The lowest BCUT2D eigenvalue weighted by molar-refractivity contribution is 0.563. The first-order chi connectivity index (χ1) is 15.4. The van der Waals surface area contributed by atoms with Crippen molar-refractivity contribution < 1.29 is 8.42 Å². The lowest BCUT2D eigenvalue weighted by Gasteiger charge is -2.31. The van der Waals surface area contributed by atoms with Crippen LogP contribution in [0.1, 0.15) is 29.7 Å². The maximum Gasteiger partial charge on any atom is 0.240 e. The second-order valence-electron chi connectivity index (χ2n) is 8.42. The van der Waals surface area contributed by atoms with Gasteiger partial charge in [-0.2, -0.15) is 0 Å². The molecule has 0 aromatic heterocycles. The quantitative estimate of drug-likeness (QED) is 0.554. The van der Waals surface area contributed by atoms with Crippen molar-refractivity contribution in [2.24, 2.45) is 0 Å². The summed E-state index contributed by atoms with van der Waals surface area (Å²) >= 11 is 0. The molecule has 0 amide bonds. The maximum absolute atomic E-state index is 13.0. The van der Waals surface area contributed by atoms with Crippen molar-refractivity contribution >= 4 is 21.4 Å². The van der Waals surface area contributed by atoms with Gasteiger partial charge in [0.05, 0.1) is 10.9 Å². The molecule has 1 atom stereocenters. The average molecular weight is 450 g/mol. The molecule has 3 aromatic rings. The number of hydrogen-bond donors (Lipinski definition) is 1. The van der Waals surface area contributed by atoms with Crippen molar-refractivity contribution in [3.05, 3.63) is 89.5 Å². The molecule has 1 aliphatic rings. The summed E-state index contributed by atoms with van der Waals surface area (Å²) in [5, 5.41) is 0. The molecule has 1 aliphatic heterocycles. The van der Waals surface area contributed by atoms with Crippen LogP contribution in [0.3, 0.4) is 0 Å². The number of benzene rings is 3. The number of aryl methyl sites for hydroxylation is 1. The summed E-state index contributed by atoms with van der Waals surface area (Å²) in [6, 6.07) is 23.8. The van der Waals surface area contributed by atoms with Gasteiger partial charge in [-0.05, 0) is 59.9 Å². The highest BCUT2D eigenvalue weighted by Crippen LogP contribution is 2.35. The van der Waals surface area contributed by atoms with Crippen LogP contribution in [-0.2, 0) is 22.9 Å². The number of para-hydroxylation sites is 1. The van der Waals surface area contributed by atoms with Crippen LogP contribution in [0.15, 0.2) is 77.7 Å². The zero-order valence-corrected chi connectivity index (χ0v) is 19.8. The summed E-state index contributed by atoms with van der Waals surface area (Å²) in [7, 11) is 0.428. The minimum absolute atomic E-state index is 0.0976. The van der Waals surface area contributed by atoms with E-state index < -0.39 is 10.0 Å². The van der Waals surface area contributed by atoms with Gasteiger partial charge in [0.25, 0.3) is 0 Å². The van der Waals surface area contributed by atoms with E-state index in [4.69, 9.17) is 0 Å². The molecule has 3 aromatic carbocycles. The second-order valence-corrected chi connectivity index (χ2v) is 10.2. The molecule has 168 valence electrons. The summed E-state index contributed by atoms with van der Waals surface area (Å²) in [5.74, 6) is 0. The fraction of sp³-hybridized carbons (Fsp3) is 0.308. The number of anilines is 2. The van der Waals surface area contributed by atoms with Crippen LogP contribution in [0.5, 0.6) is 0 Å². The SMILES string of the molecule is CCc1ccc(S(=O)(=O)NC[C@H](c2ccc(N(C)C)cc2)N2CCc3ccccc32)cc1. The van der Waals surface area contributed by atoms with Gasteiger partial charge in [-0.15, -0.1) is 0 Å². The Morgan fingerprint density at radius 3 is 2.31 bits per heavy atom. The van der Waals surface area contributed by atoms with Crippen molar-refractivity contribution in [2.45, 2.75) is 30.7 Å². The fourth-order valence-corrected chi connectivity index (χ4v) is 5.30. The summed E-state index contributed by atoms with van der Waals surface area (Å²) < 4.78 is 28.9. The van der Waals surface area contributed by atoms with Crippen LogP contribution in [0, 0.1) is 0 Å². The zero-order chi connectivity index (χ0) is 22.7. The van der Waals surface area contributed by atoms with E-state index in [0.717, 1.165) is 36.2 Å². The largest absolute Gasteiger partial charge is 0.378 e. The first-order valence-corrected chi connectivity index (χ1v) is 12.6. The van der Waals surface area contributed by atoms with Gasteiger partial charge >= 0.3 is 0 Å². The van der Waals surface area contributed by atoms with Gasteiger partial charge in [0, 0.05) is 38.6 Å². The second kappa shape index (κ2) is 9.35. The van der Waals surface area contributed by atoms with Crippen molar-refractivity contribution in [3.63, 3.8) is 0 Å². The maximum atomic E-state index is 13.0. The van der Waals surface area contributed by atoms with Gasteiger partial charge in [-0.1, -0.05) is 49.4 Å². The molecule has 1 N–H and O–H groups in total. The van der Waals surface area contributed by atoms with Crippen LogP contribution in [0.4, 0.5) is 11.4 Å². The van der Waals surface area contributed by atoms with Crippen molar-refractivity contribution in [3.8, 4) is 0 Å². The molecule has 0 saturated heterocycles. The smallest absolute Gasteiger partial charge is 0.240 e. The highest BCUT2D eigenvalue weighted by atomic mass is 32.2. The minimum atomic E-state index is -3.60. The first kappa shape index (κ1) is 22.4. The van der Waals surface area contributed by atoms with E-state index in [9.17, 15) is 8.42 Å². The molecular weight excluding hydrogens is 418 g/mol. The Morgan fingerprint density at radius 1 is 0.969 bits per heavy atom. The van der Waals surface area contributed by atoms with Gasteiger partial charge in [-0.3, -0.25) is 0 Å². The molecule has 0 fully saturated rings. The average Bonchev–Trinajstić information content (AvgIpc) is 3.23. The van der Waals surface area contributed by atoms with E-state index in [1.165, 1.54) is 11.3 Å². The number of sulfonamides is 1.